The summed E-state index contributed by atoms with van der Waals surface area (Å²) in [6.45, 7) is 4.06. The van der Waals surface area contributed by atoms with Crippen LogP contribution in [0.2, 0.25) is 0 Å². The van der Waals surface area contributed by atoms with E-state index in [1.54, 1.807) is 31.2 Å². The summed E-state index contributed by atoms with van der Waals surface area (Å²) in [5.74, 6) is -0.776. The van der Waals surface area contributed by atoms with E-state index in [0.29, 0.717) is 5.69 Å². The molecule has 206 valence electrons. The summed E-state index contributed by atoms with van der Waals surface area (Å²) >= 11 is 0. The SMILES string of the molecule is CCOC(=O)CC1CN(S(=O)(=O)c2ccc(C)cc2)c2ccccc2C1NN(c1ccccc1)c1ccccc1. The molecule has 1 aliphatic heterocycles. The van der Waals surface area contributed by atoms with Gasteiger partial charge in [-0.2, -0.15) is 0 Å². The monoisotopic (exact) mass is 555 g/mol. The Hall–Kier alpha value is -4.14. The van der Waals surface area contributed by atoms with Crippen molar-refractivity contribution in [2.24, 2.45) is 5.92 Å². The summed E-state index contributed by atoms with van der Waals surface area (Å²) < 4.78 is 34.7. The molecule has 5 rings (SSSR count). The molecule has 1 heterocycles. The van der Waals surface area contributed by atoms with Crippen LogP contribution >= 0.6 is 0 Å². The third kappa shape index (κ3) is 5.73. The van der Waals surface area contributed by atoms with Crippen molar-refractivity contribution in [3.63, 3.8) is 0 Å². The zero-order valence-corrected chi connectivity index (χ0v) is 23.4. The molecular formula is C32H33N3O4S. The largest absolute Gasteiger partial charge is 0.466 e. The third-order valence-corrected chi connectivity index (χ3v) is 8.85. The molecule has 2 unspecified atom stereocenters. The number of esters is 1. The van der Waals surface area contributed by atoms with Crippen molar-refractivity contribution in [1.29, 1.82) is 0 Å². The molecule has 0 amide bonds. The molecule has 0 fully saturated rings. The van der Waals surface area contributed by atoms with E-state index in [9.17, 15) is 13.2 Å². The smallest absolute Gasteiger partial charge is 0.306 e. The first kappa shape index (κ1) is 27.4. The van der Waals surface area contributed by atoms with Crippen molar-refractivity contribution < 1.29 is 17.9 Å². The van der Waals surface area contributed by atoms with Gasteiger partial charge in [0.1, 0.15) is 0 Å². The third-order valence-electron chi connectivity index (χ3n) is 7.05. The lowest BCUT2D eigenvalue weighted by molar-refractivity contribution is -0.144. The lowest BCUT2D eigenvalue weighted by atomic mass is 9.86. The number of rotatable bonds is 9. The van der Waals surface area contributed by atoms with E-state index >= 15 is 0 Å². The van der Waals surface area contributed by atoms with Gasteiger partial charge >= 0.3 is 5.97 Å². The molecule has 0 bridgehead atoms. The number of hydrogen-bond donors (Lipinski definition) is 1. The fourth-order valence-corrected chi connectivity index (χ4v) is 6.64. The van der Waals surface area contributed by atoms with Crippen LogP contribution in [0.4, 0.5) is 17.1 Å². The van der Waals surface area contributed by atoms with E-state index in [1.807, 2.05) is 96.9 Å². The van der Waals surface area contributed by atoms with Crippen molar-refractivity contribution in [3.05, 3.63) is 120 Å². The van der Waals surface area contributed by atoms with Gasteiger partial charge in [-0.15, -0.1) is 0 Å². The van der Waals surface area contributed by atoms with Crippen molar-refractivity contribution in [2.45, 2.75) is 31.2 Å². The van der Waals surface area contributed by atoms with E-state index in [-0.39, 0.29) is 36.5 Å². The molecule has 2 atom stereocenters. The van der Waals surface area contributed by atoms with Crippen LogP contribution in [-0.4, -0.2) is 27.5 Å². The van der Waals surface area contributed by atoms with Gasteiger partial charge in [0.15, 0.2) is 0 Å². The lowest BCUT2D eigenvalue weighted by Crippen LogP contribution is -2.49. The zero-order chi connectivity index (χ0) is 28.1. The first-order chi connectivity index (χ1) is 19.4. The predicted molar refractivity (Wildman–Crippen MR) is 158 cm³/mol. The molecule has 1 aliphatic rings. The van der Waals surface area contributed by atoms with Crippen LogP contribution in [0.3, 0.4) is 0 Å². The van der Waals surface area contributed by atoms with Crippen molar-refractivity contribution in [1.82, 2.24) is 5.43 Å². The van der Waals surface area contributed by atoms with E-state index in [0.717, 1.165) is 22.5 Å². The Morgan fingerprint density at radius 3 is 2.05 bits per heavy atom. The van der Waals surface area contributed by atoms with Gasteiger partial charge in [-0.3, -0.25) is 14.1 Å². The molecule has 0 radical (unpaired) electrons. The molecule has 0 aliphatic carbocycles. The highest BCUT2D eigenvalue weighted by Crippen LogP contribution is 2.42. The molecule has 4 aromatic carbocycles. The van der Waals surface area contributed by atoms with Gasteiger partial charge in [0.25, 0.3) is 10.0 Å². The molecule has 0 saturated carbocycles. The minimum absolute atomic E-state index is 0.0528. The number of para-hydroxylation sites is 3. The number of nitrogens with one attached hydrogen (secondary N) is 1. The van der Waals surface area contributed by atoms with Gasteiger partial charge in [-0.1, -0.05) is 72.3 Å². The number of nitrogens with zero attached hydrogens (tertiary/aromatic N) is 2. The number of hydrazine groups is 1. The zero-order valence-electron chi connectivity index (χ0n) is 22.6. The quantitative estimate of drug-likeness (QED) is 0.197. The second kappa shape index (κ2) is 11.9. The second-order valence-corrected chi connectivity index (χ2v) is 11.7. The normalized spacial score (nSPS) is 16.7. The molecule has 0 aromatic heterocycles. The molecule has 1 N–H and O–H groups in total. The lowest BCUT2D eigenvalue weighted by Gasteiger charge is -2.42. The minimum Gasteiger partial charge on any atom is -0.466 e. The number of hydrogen-bond acceptors (Lipinski definition) is 6. The fraction of sp³-hybridized carbons (Fsp3) is 0.219. The van der Waals surface area contributed by atoms with Gasteiger partial charge in [-0.05, 0) is 61.9 Å². The Morgan fingerprint density at radius 2 is 1.45 bits per heavy atom. The Bertz CT molecular complexity index is 1500. The number of fused-ring (bicyclic) bond motifs is 1. The molecule has 8 heteroatoms. The highest BCUT2D eigenvalue weighted by atomic mass is 32.2. The number of aryl methyl sites for hydroxylation is 1. The summed E-state index contributed by atoms with van der Waals surface area (Å²) in [4.78, 5) is 13.0. The number of sulfonamides is 1. The number of carbonyl (C=O) groups is 1. The van der Waals surface area contributed by atoms with Gasteiger partial charge < -0.3 is 4.74 Å². The van der Waals surface area contributed by atoms with Crippen LogP contribution in [0.1, 0.15) is 30.5 Å². The Morgan fingerprint density at radius 1 is 0.875 bits per heavy atom. The Labute approximate surface area is 236 Å². The van der Waals surface area contributed by atoms with E-state index < -0.39 is 15.9 Å². The molecule has 0 saturated heterocycles. The first-order valence-electron chi connectivity index (χ1n) is 13.4. The Balaban J connectivity index is 1.61. The Kier molecular flexibility index (Phi) is 8.19. The predicted octanol–water partition coefficient (Wildman–Crippen LogP) is 6.16. The summed E-state index contributed by atoms with van der Waals surface area (Å²) in [6, 6.07) is 33.7. The first-order valence-corrected chi connectivity index (χ1v) is 14.8. The van der Waals surface area contributed by atoms with Gasteiger partial charge in [0, 0.05) is 12.5 Å². The molecular weight excluding hydrogens is 522 g/mol. The van der Waals surface area contributed by atoms with Crippen molar-refractivity contribution >= 4 is 33.1 Å². The van der Waals surface area contributed by atoms with Crippen LogP contribution < -0.4 is 14.7 Å². The topological polar surface area (TPSA) is 78.9 Å². The average molecular weight is 556 g/mol. The number of anilines is 3. The van der Waals surface area contributed by atoms with Gasteiger partial charge in [0.05, 0.1) is 41.0 Å². The van der Waals surface area contributed by atoms with Gasteiger partial charge in [-0.25, -0.2) is 13.8 Å². The molecule has 4 aromatic rings. The highest BCUT2D eigenvalue weighted by molar-refractivity contribution is 7.92. The van der Waals surface area contributed by atoms with Crippen LogP contribution in [0.5, 0.6) is 0 Å². The van der Waals surface area contributed by atoms with Crippen LogP contribution in [0.15, 0.2) is 114 Å². The van der Waals surface area contributed by atoms with Crippen LogP contribution in [0.25, 0.3) is 0 Å². The number of benzene rings is 4. The van der Waals surface area contributed by atoms with Crippen LogP contribution in [-0.2, 0) is 19.6 Å². The molecule has 7 nitrogen and oxygen atoms in total. The van der Waals surface area contributed by atoms with Gasteiger partial charge in [0.2, 0.25) is 0 Å². The van der Waals surface area contributed by atoms with E-state index in [4.69, 9.17) is 4.74 Å². The maximum absolute atomic E-state index is 14.0. The summed E-state index contributed by atoms with van der Waals surface area (Å²) in [5, 5.41) is 1.99. The number of ether oxygens (including phenoxy) is 1. The standard InChI is InChI=1S/C32H33N3O4S/c1-3-39-31(36)22-25-23-34(40(37,38)28-20-18-24(2)19-21-28)30-17-11-10-16-29(30)32(25)33-35(26-12-6-4-7-13-26)27-14-8-5-9-15-27/h4-21,25,32-33H,3,22-23H2,1-2H3. The van der Waals surface area contributed by atoms with Crippen molar-refractivity contribution in [3.8, 4) is 0 Å². The maximum Gasteiger partial charge on any atom is 0.306 e. The summed E-state index contributed by atoms with van der Waals surface area (Å²) in [5.41, 5.74) is 7.84. The highest BCUT2D eigenvalue weighted by Gasteiger charge is 2.41. The van der Waals surface area contributed by atoms with Crippen LogP contribution in [0, 0.1) is 12.8 Å². The average Bonchev–Trinajstić information content (AvgIpc) is 2.97. The summed E-state index contributed by atoms with van der Waals surface area (Å²) in [6.07, 6.45) is 0.0528. The molecule has 40 heavy (non-hydrogen) atoms. The fourth-order valence-electron chi connectivity index (χ4n) is 5.10. The van der Waals surface area contributed by atoms with E-state index in [2.05, 4.69) is 5.43 Å². The minimum atomic E-state index is -3.89. The number of carbonyl (C=O) groups excluding carboxylic acids is 1. The second-order valence-electron chi connectivity index (χ2n) is 9.79. The summed E-state index contributed by atoms with van der Waals surface area (Å²) in [7, 11) is -3.89. The van der Waals surface area contributed by atoms with E-state index in [1.165, 1.54) is 4.31 Å². The van der Waals surface area contributed by atoms with Crippen molar-refractivity contribution in [2.75, 3.05) is 22.5 Å². The maximum atomic E-state index is 14.0. The molecule has 0 spiro atoms.